The van der Waals surface area contributed by atoms with Gasteiger partial charge in [0.1, 0.15) is 12.1 Å². The molecule has 1 aliphatic heterocycles. The summed E-state index contributed by atoms with van der Waals surface area (Å²) in [6, 6.07) is 18.7. The Kier molecular flexibility index (Phi) is 3.65. The van der Waals surface area contributed by atoms with Gasteiger partial charge in [0.05, 0.1) is 0 Å². The van der Waals surface area contributed by atoms with Gasteiger partial charge in [-0.1, -0.05) is 72.8 Å². The lowest BCUT2D eigenvalue weighted by Gasteiger charge is -2.12. The summed E-state index contributed by atoms with van der Waals surface area (Å²) in [5.74, 6) is 0.731. The first kappa shape index (κ1) is 13.8. The molecule has 2 aromatic carbocycles. The van der Waals surface area contributed by atoms with E-state index in [0.717, 1.165) is 17.0 Å². The van der Waals surface area contributed by atoms with E-state index >= 15 is 0 Å². The van der Waals surface area contributed by atoms with Gasteiger partial charge in [-0.25, -0.2) is 4.99 Å². The number of benzene rings is 2. The molecule has 0 aromatic heterocycles. The second-order valence-electron chi connectivity index (χ2n) is 5.64. The van der Waals surface area contributed by atoms with Gasteiger partial charge in [0.2, 0.25) is 5.90 Å². The summed E-state index contributed by atoms with van der Waals surface area (Å²) in [7, 11) is 0. The highest BCUT2D eigenvalue weighted by molar-refractivity contribution is 5.96. The Labute approximate surface area is 136 Å². The molecule has 0 saturated heterocycles. The second-order valence-corrected chi connectivity index (χ2v) is 5.64. The first-order valence-corrected chi connectivity index (χ1v) is 7.81. The molecular weight excluding hydrogens is 282 g/mol. The van der Waals surface area contributed by atoms with Crippen LogP contribution in [-0.4, -0.2) is 18.0 Å². The van der Waals surface area contributed by atoms with Crippen molar-refractivity contribution in [3.63, 3.8) is 0 Å². The van der Waals surface area contributed by atoms with Crippen molar-refractivity contribution in [1.82, 2.24) is 0 Å². The van der Waals surface area contributed by atoms with Gasteiger partial charge in [-0.05, 0) is 29.3 Å². The summed E-state index contributed by atoms with van der Waals surface area (Å²) in [6.07, 6.45) is 12.4. The molecule has 0 spiro atoms. The highest BCUT2D eigenvalue weighted by atomic mass is 16.5. The van der Waals surface area contributed by atoms with Crippen molar-refractivity contribution in [3.05, 3.63) is 95.6 Å². The third kappa shape index (κ3) is 3.02. The molecule has 112 valence electrons. The lowest BCUT2D eigenvalue weighted by atomic mass is 10.1. The van der Waals surface area contributed by atoms with Crippen LogP contribution in [0.25, 0.3) is 12.2 Å². The lowest BCUT2D eigenvalue weighted by Crippen LogP contribution is -2.19. The minimum absolute atomic E-state index is 0.0488. The van der Waals surface area contributed by atoms with Gasteiger partial charge < -0.3 is 4.74 Å². The number of nitrogens with zero attached hydrogens (tertiary/aromatic N) is 1. The van der Waals surface area contributed by atoms with Crippen LogP contribution in [0, 0.1) is 0 Å². The van der Waals surface area contributed by atoms with Crippen LogP contribution in [0.15, 0.2) is 83.9 Å². The highest BCUT2D eigenvalue weighted by Crippen LogP contribution is 2.23. The van der Waals surface area contributed by atoms with Gasteiger partial charge in [-0.2, -0.15) is 0 Å². The molecule has 0 bridgehead atoms. The summed E-state index contributed by atoms with van der Waals surface area (Å²) >= 11 is 0. The van der Waals surface area contributed by atoms with E-state index in [0.29, 0.717) is 0 Å². The molecule has 1 heterocycles. The van der Waals surface area contributed by atoms with E-state index in [2.05, 4.69) is 65.7 Å². The fourth-order valence-electron chi connectivity index (χ4n) is 2.73. The molecule has 0 N–H and O–H groups in total. The first-order chi connectivity index (χ1) is 11.4. The summed E-state index contributed by atoms with van der Waals surface area (Å²) in [5.41, 5.74) is 3.38. The average molecular weight is 299 g/mol. The van der Waals surface area contributed by atoms with E-state index < -0.39 is 0 Å². The fourth-order valence-corrected chi connectivity index (χ4v) is 2.73. The van der Waals surface area contributed by atoms with E-state index in [9.17, 15) is 0 Å². The molecule has 2 aromatic rings. The molecule has 0 radical (unpaired) electrons. The smallest absolute Gasteiger partial charge is 0.217 e. The zero-order valence-corrected chi connectivity index (χ0v) is 12.7. The molecule has 4 rings (SSSR count). The molecule has 2 unspecified atom stereocenters. The minimum atomic E-state index is 0.0488. The Balaban J connectivity index is 1.49. The Morgan fingerprint density at radius 3 is 2.22 bits per heavy atom. The van der Waals surface area contributed by atoms with Gasteiger partial charge in [-0.15, -0.1) is 0 Å². The molecule has 0 amide bonds. The van der Waals surface area contributed by atoms with E-state index in [1.165, 1.54) is 5.56 Å². The Morgan fingerprint density at radius 1 is 0.783 bits per heavy atom. The van der Waals surface area contributed by atoms with Crippen molar-refractivity contribution in [2.75, 3.05) is 0 Å². The van der Waals surface area contributed by atoms with Crippen LogP contribution < -0.4 is 0 Å². The number of hydrogen-bond acceptors (Lipinski definition) is 2. The normalized spacial score (nSPS) is 22.0. The van der Waals surface area contributed by atoms with Crippen molar-refractivity contribution < 1.29 is 4.74 Å². The molecule has 0 saturated carbocycles. The lowest BCUT2D eigenvalue weighted by molar-refractivity contribution is 0.255. The Bertz CT molecular complexity index is 797. The van der Waals surface area contributed by atoms with Gasteiger partial charge in [-0.3, -0.25) is 0 Å². The molecule has 23 heavy (non-hydrogen) atoms. The summed E-state index contributed by atoms with van der Waals surface area (Å²) in [5, 5.41) is 0. The quantitative estimate of drug-likeness (QED) is 0.765. The molecule has 2 aliphatic rings. The molecule has 0 fully saturated rings. The number of fused-ring (bicyclic) bond motifs is 1. The maximum absolute atomic E-state index is 5.91. The zero-order valence-electron chi connectivity index (χ0n) is 12.7. The van der Waals surface area contributed by atoms with E-state index in [1.54, 1.807) is 0 Å². The number of ether oxygens (including phenoxy) is 1. The van der Waals surface area contributed by atoms with E-state index in [1.807, 2.05) is 30.4 Å². The number of allylic oxidation sites excluding steroid dienone is 2. The Hall–Kier alpha value is -2.87. The molecule has 1 aliphatic carbocycles. The predicted octanol–water partition coefficient (Wildman–Crippen LogP) is 4.50. The van der Waals surface area contributed by atoms with Crippen molar-refractivity contribution in [1.29, 1.82) is 0 Å². The minimum Gasteiger partial charge on any atom is -0.467 e. The maximum atomic E-state index is 5.91. The van der Waals surface area contributed by atoms with Gasteiger partial charge in [0, 0.05) is 5.56 Å². The molecular formula is C21H17NO. The predicted molar refractivity (Wildman–Crippen MR) is 95.3 cm³/mol. The van der Waals surface area contributed by atoms with Crippen LogP contribution in [0.4, 0.5) is 0 Å². The monoisotopic (exact) mass is 299 g/mol. The van der Waals surface area contributed by atoms with Crippen molar-refractivity contribution in [2.24, 2.45) is 4.99 Å². The van der Waals surface area contributed by atoms with Gasteiger partial charge in [0.25, 0.3) is 0 Å². The summed E-state index contributed by atoms with van der Waals surface area (Å²) < 4.78 is 5.91. The number of hydrogen-bond donors (Lipinski definition) is 0. The van der Waals surface area contributed by atoms with Crippen LogP contribution in [0.5, 0.6) is 0 Å². The fraction of sp³-hybridized carbons (Fsp3) is 0.0952. The summed E-state index contributed by atoms with van der Waals surface area (Å²) in [6.45, 7) is 0. The van der Waals surface area contributed by atoms with Crippen LogP contribution >= 0.6 is 0 Å². The maximum Gasteiger partial charge on any atom is 0.217 e. The zero-order chi connectivity index (χ0) is 15.5. The average Bonchev–Trinajstić information content (AvgIpc) is 3.05. The topological polar surface area (TPSA) is 21.6 Å². The third-order valence-corrected chi connectivity index (χ3v) is 4.00. The van der Waals surface area contributed by atoms with Crippen LogP contribution in [0.3, 0.4) is 0 Å². The highest BCUT2D eigenvalue weighted by Gasteiger charge is 2.28. The van der Waals surface area contributed by atoms with Crippen LogP contribution in [0.1, 0.15) is 16.7 Å². The Morgan fingerprint density at radius 2 is 1.48 bits per heavy atom. The molecule has 2 nitrogen and oxygen atoms in total. The number of aliphatic imine (C=N–C) groups is 1. The molecule has 2 atom stereocenters. The first-order valence-electron chi connectivity index (χ1n) is 7.81. The largest absolute Gasteiger partial charge is 0.467 e. The van der Waals surface area contributed by atoms with Crippen molar-refractivity contribution in [3.8, 4) is 0 Å². The standard InChI is InChI=1S/C21H17NO/c1-2-6-16(7-3-1)10-11-17-12-14-18(15-13-17)21-22-19-8-4-5-9-20(19)23-21/h1-15,19-20H. The SMILES string of the molecule is C1=CC2N=C(c3ccc(C=Cc4ccccc4)cc3)OC2C=C1. The summed E-state index contributed by atoms with van der Waals surface area (Å²) in [4.78, 5) is 4.64. The van der Waals surface area contributed by atoms with E-state index in [-0.39, 0.29) is 12.1 Å². The van der Waals surface area contributed by atoms with Crippen molar-refractivity contribution >= 4 is 18.0 Å². The van der Waals surface area contributed by atoms with E-state index in [4.69, 9.17) is 4.74 Å². The van der Waals surface area contributed by atoms with Crippen LogP contribution in [-0.2, 0) is 4.74 Å². The van der Waals surface area contributed by atoms with Crippen LogP contribution in [0.2, 0.25) is 0 Å². The second kappa shape index (κ2) is 6.09. The number of rotatable bonds is 3. The molecule has 2 heteroatoms. The van der Waals surface area contributed by atoms with Crippen molar-refractivity contribution in [2.45, 2.75) is 12.1 Å². The van der Waals surface area contributed by atoms with Gasteiger partial charge in [0.15, 0.2) is 0 Å². The third-order valence-electron chi connectivity index (χ3n) is 4.00. The van der Waals surface area contributed by atoms with Gasteiger partial charge >= 0.3 is 0 Å².